The van der Waals surface area contributed by atoms with E-state index in [1.807, 2.05) is 26.0 Å². The molecule has 0 aliphatic carbocycles. The molecule has 138 valence electrons. The van der Waals surface area contributed by atoms with E-state index in [4.69, 9.17) is 15.8 Å². The average Bonchev–Trinajstić information content (AvgIpc) is 2.64. The van der Waals surface area contributed by atoms with Gasteiger partial charge in [0.1, 0.15) is 4.90 Å². The Morgan fingerprint density at radius 1 is 0.963 bits per heavy atom. The van der Waals surface area contributed by atoms with Crippen molar-refractivity contribution in [3.8, 4) is 5.75 Å². The molecule has 0 bridgehead atoms. The van der Waals surface area contributed by atoms with E-state index >= 15 is 0 Å². The van der Waals surface area contributed by atoms with Gasteiger partial charge in [0.2, 0.25) is 0 Å². The van der Waals surface area contributed by atoms with Crippen molar-refractivity contribution in [3.63, 3.8) is 0 Å². The largest absolute Gasteiger partial charge is 0.378 e. The number of nitrogens with zero attached hydrogens (tertiary/aromatic N) is 1. The maximum Gasteiger partial charge on any atom is 0.339 e. The summed E-state index contributed by atoms with van der Waals surface area (Å²) in [5, 5.41) is 0.621. The molecule has 0 fully saturated rings. The summed E-state index contributed by atoms with van der Waals surface area (Å²) in [6, 6.07) is 18.8. The van der Waals surface area contributed by atoms with Gasteiger partial charge in [0.15, 0.2) is 5.75 Å². The van der Waals surface area contributed by atoms with Crippen molar-refractivity contribution in [2.45, 2.75) is 18.7 Å². The quantitative estimate of drug-likeness (QED) is 0.422. The third kappa shape index (κ3) is 4.76. The van der Waals surface area contributed by atoms with Crippen molar-refractivity contribution in [2.75, 3.05) is 0 Å². The number of aliphatic imine (C=N–C) groups is 1. The Labute approximate surface area is 164 Å². The van der Waals surface area contributed by atoms with Crippen LogP contribution < -0.4 is 4.18 Å². The van der Waals surface area contributed by atoms with Crippen LogP contribution in [0.2, 0.25) is 5.02 Å². The molecule has 0 aromatic heterocycles. The van der Waals surface area contributed by atoms with Crippen LogP contribution in [0.3, 0.4) is 0 Å². The molecule has 4 nitrogen and oxygen atoms in total. The Balaban J connectivity index is 1.88. The zero-order chi connectivity index (χ0) is 19.4. The van der Waals surface area contributed by atoms with Crippen LogP contribution in [0.25, 0.3) is 0 Å². The van der Waals surface area contributed by atoms with E-state index in [2.05, 4.69) is 4.99 Å². The summed E-state index contributed by atoms with van der Waals surface area (Å²) in [6.45, 7) is 3.80. The molecule has 3 aromatic rings. The van der Waals surface area contributed by atoms with Crippen LogP contribution >= 0.6 is 11.6 Å². The second-order valence-electron chi connectivity index (χ2n) is 6.08. The molecule has 6 heteroatoms. The fraction of sp³-hybridized carbons (Fsp3) is 0.0952. The van der Waals surface area contributed by atoms with Gasteiger partial charge in [-0.1, -0.05) is 47.5 Å². The molecular formula is C21H18ClNO3S. The predicted molar refractivity (Wildman–Crippen MR) is 109 cm³/mol. The summed E-state index contributed by atoms with van der Waals surface area (Å²) in [6.07, 6.45) is 1.56. The van der Waals surface area contributed by atoms with Crippen molar-refractivity contribution >= 4 is 33.6 Å². The fourth-order valence-electron chi connectivity index (χ4n) is 2.34. The van der Waals surface area contributed by atoms with Crippen molar-refractivity contribution in [3.05, 3.63) is 88.4 Å². The highest BCUT2D eigenvalue weighted by Gasteiger charge is 2.17. The van der Waals surface area contributed by atoms with Gasteiger partial charge in [-0.25, -0.2) is 0 Å². The molecule has 3 aromatic carbocycles. The molecule has 0 aliphatic rings. The van der Waals surface area contributed by atoms with Crippen LogP contribution in [0.5, 0.6) is 5.75 Å². The summed E-state index contributed by atoms with van der Waals surface area (Å²) in [4.78, 5) is 4.47. The summed E-state index contributed by atoms with van der Waals surface area (Å²) in [5.74, 6) is 0.208. The number of hydrogen-bond acceptors (Lipinski definition) is 4. The van der Waals surface area contributed by atoms with Crippen molar-refractivity contribution in [1.29, 1.82) is 0 Å². The molecule has 0 atom stereocenters. The Hall–Kier alpha value is -2.63. The second kappa shape index (κ2) is 7.94. The van der Waals surface area contributed by atoms with Crippen molar-refractivity contribution in [2.24, 2.45) is 4.99 Å². The minimum atomic E-state index is -3.93. The molecule has 3 rings (SSSR count). The normalized spacial score (nSPS) is 11.7. The highest BCUT2D eigenvalue weighted by Crippen LogP contribution is 2.25. The first-order valence-electron chi connectivity index (χ1n) is 8.25. The van der Waals surface area contributed by atoms with E-state index in [1.54, 1.807) is 48.7 Å². The molecule has 0 N–H and O–H groups in total. The fourth-order valence-corrected chi connectivity index (χ4v) is 3.47. The van der Waals surface area contributed by atoms with Crippen LogP contribution in [0.1, 0.15) is 16.7 Å². The number of halogens is 1. The summed E-state index contributed by atoms with van der Waals surface area (Å²) >= 11 is 6.11. The first-order valence-corrected chi connectivity index (χ1v) is 10.0. The average molecular weight is 400 g/mol. The van der Waals surface area contributed by atoms with E-state index in [0.717, 1.165) is 11.1 Å². The van der Waals surface area contributed by atoms with E-state index in [1.165, 1.54) is 12.1 Å². The predicted octanol–water partition coefficient (Wildman–Crippen LogP) is 5.48. The van der Waals surface area contributed by atoms with Gasteiger partial charge in [-0.2, -0.15) is 8.42 Å². The van der Waals surface area contributed by atoms with Gasteiger partial charge < -0.3 is 4.18 Å². The second-order valence-corrected chi connectivity index (χ2v) is 8.03. The Kier molecular flexibility index (Phi) is 5.63. The molecular weight excluding hydrogens is 382 g/mol. The Bertz CT molecular complexity index is 1090. The zero-order valence-electron chi connectivity index (χ0n) is 14.9. The van der Waals surface area contributed by atoms with E-state index in [0.29, 0.717) is 16.3 Å². The number of aryl methyl sites for hydroxylation is 2. The molecule has 0 spiro atoms. The SMILES string of the molecule is Cc1ccc(S(=O)(=O)Oc2ccccc2C=Nc2ccc(C)c(Cl)c2)cc1. The van der Waals surface area contributed by atoms with Crippen molar-refractivity contribution < 1.29 is 12.6 Å². The van der Waals surface area contributed by atoms with E-state index in [9.17, 15) is 8.42 Å². The van der Waals surface area contributed by atoms with Crippen LogP contribution in [0.15, 0.2) is 76.6 Å². The van der Waals surface area contributed by atoms with Gasteiger partial charge in [0.05, 0.1) is 5.69 Å². The van der Waals surface area contributed by atoms with Gasteiger partial charge in [-0.05, 0) is 55.8 Å². The summed E-state index contributed by atoms with van der Waals surface area (Å²) in [5.41, 5.74) is 3.15. The Morgan fingerprint density at radius 3 is 2.37 bits per heavy atom. The van der Waals surface area contributed by atoms with Gasteiger partial charge >= 0.3 is 10.1 Å². The first-order chi connectivity index (χ1) is 12.8. The van der Waals surface area contributed by atoms with E-state index in [-0.39, 0.29) is 10.6 Å². The van der Waals surface area contributed by atoms with Crippen LogP contribution in [0, 0.1) is 13.8 Å². The summed E-state index contributed by atoms with van der Waals surface area (Å²) < 4.78 is 30.4. The molecule has 0 unspecified atom stereocenters. The monoisotopic (exact) mass is 399 g/mol. The molecule has 27 heavy (non-hydrogen) atoms. The molecule has 0 aliphatic heterocycles. The van der Waals surface area contributed by atoms with Gasteiger partial charge in [-0.3, -0.25) is 4.99 Å². The zero-order valence-corrected chi connectivity index (χ0v) is 16.5. The molecule has 0 saturated heterocycles. The standard InChI is InChI=1S/C21H18ClNO3S/c1-15-7-11-19(12-8-15)27(24,25)26-21-6-4-3-5-17(21)14-23-18-10-9-16(2)20(22)13-18/h3-14H,1-2H3. The molecule has 0 radical (unpaired) electrons. The lowest BCUT2D eigenvalue weighted by molar-refractivity contribution is 0.485. The number of para-hydroxylation sites is 1. The Morgan fingerprint density at radius 2 is 1.67 bits per heavy atom. The van der Waals surface area contributed by atoms with Crippen LogP contribution in [0.4, 0.5) is 5.69 Å². The maximum atomic E-state index is 12.5. The third-order valence-electron chi connectivity index (χ3n) is 3.94. The molecule has 0 heterocycles. The van der Waals surface area contributed by atoms with Gasteiger partial charge in [-0.15, -0.1) is 0 Å². The van der Waals surface area contributed by atoms with Gasteiger partial charge in [0.25, 0.3) is 0 Å². The van der Waals surface area contributed by atoms with Gasteiger partial charge in [0, 0.05) is 16.8 Å². The van der Waals surface area contributed by atoms with E-state index < -0.39 is 10.1 Å². The summed E-state index contributed by atoms with van der Waals surface area (Å²) in [7, 11) is -3.93. The smallest absolute Gasteiger partial charge is 0.339 e. The molecule has 0 saturated carbocycles. The number of benzene rings is 3. The molecule has 0 amide bonds. The number of hydrogen-bond donors (Lipinski definition) is 0. The topological polar surface area (TPSA) is 55.7 Å². The lowest BCUT2D eigenvalue weighted by Gasteiger charge is -2.09. The minimum absolute atomic E-state index is 0.102. The van der Waals surface area contributed by atoms with Crippen molar-refractivity contribution in [1.82, 2.24) is 0 Å². The lowest BCUT2D eigenvalue weighted by Crippen LogP contribution is -2.10. The first kappa shape index (κ1) is 19.1. The number of rotatable bonds is 5. The highest BCUT2D eigenvalue weighted by molar-refractivity contribution is 7.87. The maximum absolute atomic E-state index is 12.5. The van der Waals surface area contributed by atoms with Crippen LogP contribution in [-0.4, -0.2) is 14.6 Å². The van der Waals surface area contributed by atoms with Crippen LogP contribution in [-0.2, 0) is 10.1 Å². The lowest BCUT2D eigenvalue weighted by atomic mass is 10.2. The minimum Gasteiger partial charge on any atom is -0.378 e. The highest BCUT2D eigenvalue weighted by atomic mass is 35.5. The third-order valence-corrected chi connectivity index (χ3v) is 5.59.